The van der Waals surface area contributed by atoms with Crippen molar-refractivity contribution >= 4 is 21.6 Å². The first kappa shape index (κ1) is 18.5. The Labute approximate surface area is 151 Å². The van der Waals surface area contributed by atoms with E-state index in [-0.39, 0.29) is 11.5 Å². The van der Waals surface area contributed by atoms with Gasteiger partial charge in [0.05, 0.1) is 5.71 Å². The minimum absolute atomic E-state index is 0.0809. The molecule has 0 saturated heterocycles. The van der Waals surface area contributed by atoms with Crippen LogP contribution in [0.15, 0.2) is 57.0 Å². The van der Waals surface area contributed by atoms with Crippen LogP contribution in [0.25, 0.3) is 0 Å². The maximum absolute atomic E-state index is 11.6. The van der Waals surface area contributed by atoms with E-state index in [4.69, 9.17) is 0 Å². The average Bonchev–Trinajstić information content (AvgIpc) is 2.54. The highest BCUT2D eigenvalue weighted by Gasteiger charge is 2.18. The number of nitrogens with zero attached hydrogens (tertiary/aromatic N) is 2. The molecule has 5 heteroatoms. The SMILES string of the molecule is CC(C)CC(CC(=NO)c1ccc(=O)n(C)c1)c1ccc(Br)cc1. The van der Waals surface area contributed by atoms with E-state index in [0.29, 0.717) is 18.1 Å². The average molecular weight is 391 g/mol. The molecule has 0 bridgehead atoms. The van der Waals surface area contributed by atoms with Gasteiger partial charge in [-0.25, -0.2) is 0 Å². The predicted octanol–water partition coefficient (Wildman–Crippen LogP) is 4.55. The summed E-state index contributed by atoms with van der Waals surface area (Å²) in [5.41, 5.74) is 2.50. The topological polar surface area (TPSA) is 54.6 Å². The van der Waals surface area contributed by atoms with Crippen LogP contribution in [0.4, 0.5) is 0 Å². The minimum Gasteiger partial charge on any atom is -0.411 e. The van der Waals surface area contributed by atoms with Crippen LogP contribution in [-0.2, 0) is 7.05 Å². The number of oxime groups is 1. The Hall–Kier alpha value is -1.88. The summed E-state index contributed by atoms with van der Waals surface area (Å²) in [6, 6.07) is 11.5. The van der Waals surface area contributed by atoms with Crippen LogP contribution in [0.5, 0.6) is 0 Å². The van der Waals surface area contributed by atoms with E-state index in [1.807, 2.05) is 12.1 Å². The van der Waals surface area contributed by atoms with Gasteiger partial charge in [0.2, 0.25) is 5.56 Å². The molecule has 1 aromatic heterocycles. The standard InChI is InChI=1S/C19H23BrN2O2/c1-13(2)10-16(14-4-7-17(20)8-5-14)11-18(21-24)15-6-9-19(23)22(3)12-15/h4-9,12-13,16,24H,10-11H2,1-3H3. The molecule has 128 valence electrons. The molecule has 0 radical (unpaired) electrons. The van der Waals surface area contributed by atoms with Gasteiger partial charge in [0.15, 0.2) is 0 Å². The summed E-state index contributed by atoms with van der Waals surface area (Å²) in [4.78, 5) is 11.6. The lowest BCUT2D eigenvalue weighted by atomic mass is 9.85. The quantitative estimate of drug-likeness (QED) is 0.446. The zero-order valence-electron chi connectivity index (χ0n) is 14.2. The molecule has 1 heterocycles. The molecule has 4 nitrogen and oxygen atoms in total. The number of aromatic nitrogens is 1. The van der Waals surface area contributed by atoms with Crippen molar-refractivity contribution in [2.75, 3.05) is 0 Å². The summed E-state index contributed by atoms with van der Waals surface area (Å²) in [7, 11) is 1.70. The highest BCUT2D eigenvalue weighted by atomic mass is 79.9. The molecule has 0 amide bonds. The smallest absolute Gasteiger partial charge is 0.250 e. The molecule has 2 rings (SSSR count). The number of benzene rings is 1. The van der Waals surface area contributed by atoms with Crippen LogP contribution < -0.4 is 5.56 Å². The number of aryl methyl sites for hydroxylation is 1. The Morgan fingerprint density at radius 1 is 1.21 bits per heavy atom. The predicted molar refractivity (Wildman–Crippen MR) is 101 cm³/mol. The summed E-state index contributed by atoms with van der Waals surface area (Å²) >= 11 is 3.47. The Balaban J connectivity index is 2.30. The van der Waals surface area contributed by atoms with Gasteiger partial charge in [0.1, 0.15) is 0 Å². The second-order valence-electron chi connectivity index (χ2n) is 6.50. The second kappa shape index (κ2) is 8.29. The monoisotopic (exact) mass is 390 g/mol. The molecular weight excluding hydrogens is 368 g/mol. The summed E-state index contributed by atoms with van der Waals surface area (Å²) in [5, 5.41) is 13.0. The van der Waals surface area contributed by atoms with Crippen LogP contribution in [-0.4, -0.2) is 15.5 Å². The zero-order chi connectivity index (χ0) is 17.7. The van der Waals surface area contributed by atoms with Gasteiger partial charge >= 0.3 is 0 Å². The largest absolute Gasteiger partial charge is 0.411 e. The van der Waals surface area contributed by atoms with Crippen molar-refractivity contribution < 1.29 is 5.21 Å². The molecule has 0 aliphatic rings. The van der Waals surface area contributed by atoms with Crippen molar-refractivity contribution in [1.29, 1.82) is 0 Å². The fraction of sp³-hybridized carbons (Fsp3) is 0.368. The van der Waals surface area contributed by atoms with Crippen molar-refractivity contribution in [2.45, 2.75) is 32.6 Å². The summed E-state index contributed by atoms with van der Waals surface area (Å²) in [6.45, 7) is 4.38. The number of halogens is 1. The van der Waals surface area contributed by atoms with Crippen LogP contribution in [0.3, 0.4) is 0 Å². The molecular formula is C19H23BrN2O2. The van der Waals surface area contributed by atoms with Gasteiger partial charge in [-0.2, -0.15) is 0 Å². The molecule has 0 aliphatic heterocycles. The highest BCUT2D eigenvalue weighted by molar-refractivity contribution is 9.10. The Kier molecular flexibility index (Phi) is 6.37. The zero-order valence-corrected chi connectivity index (χ0v) is 15.8. The van der Waals surface area contributed by atoms with Crippen LogP contribution in [0, 0.1) is 5.92 Å². The maximum Gasteiger partial charge on any atom is 0.250 e. The van der Waals surface area contributed by atoms with Gasteiger partial charge in [0.25, 0.3) is 0 Å². The number of hydrogen-bond donors (Lipinski definition) is 1. The Bertz CT molecular complexity index is 764. The van der Waals surface area contributed by atoms with E-state index in [9.17, 15) is 10.0 Å². The van der Waals surface area contributed by atoms with Crippen LogP contribution in [0.2, 0.25) is 0 Å². The summed E-state index contributed by atoms with van der Waals surface area (Å²) in [6.07, 6.45) is 3.33. The fourth-order valence-electron chi connectivity index (χ4n) is 2.86. The van der Waals surface area contributed by atoms with Gasteiger partial charge in [-0.05, 0) is 42.0 Å². The molecule has 0 spiro atoms. The first-order chi connectivity index (χ1) is 11.4. The highest BCUT2D eigenvalue weighted by Crippen LogP contribution is 2.29. The van der Waals surface area contributed by atoms with E-state index in [1.54, 1.807) is 19.3 Å². The first-order valence-electron chi connectivity index (χ1n) is 8.04. The summed E-state index contributed by atoms with van der Waals surface area (Å²) < 4.78 is 2.54. The lowest BCUT2D eigenvalue weighted by Gasteiger charge is -2.20. The molecule has 1 N–H and O–H groups in total. The van der Waals surface area contributed by atoms with Crippen molar-refractivity contribution in [3.8, 4) is 0 Å². The maximum atomic E-state index is 11.6. The minimum atomic E-state index is -0.0809. The van der Waals surface area contributed by atoms with Crippen molar-refractivity contribution in [3.05, 3.63) is 68.5 Å². The van der Waals surface area contributed by atoms with Crippen molar-refractivity contribution in [3.63, 3.8) is 0 Å². The lowest BCUT2D eigenvalue weighted by Crippen LogP contribution is -2.18. The van der Waals surface area contributed by atoms with Gasteiger partial charge in [-0.15, -0.1) is 0 Å². The van der Waals surface area contributed by atoms with E-state index < -0.39 is 0 Å². The molecule has 24 heavy (non-hydrogen) atoms. The van der Waals surface area contributed by atoms with Gasteiger partial charge in [-0.3, -0.25) is 4.79 Å². The third-order valence-corrected chi connectivity index (χ3v) is 4.61. The number of hydrogen-bond acceptors (Lipinski definition) is 3. The normalized spacial score (nSPS) is 13.3. The number of pyridine rings is 1. The molecule has 0 saturated carbocycles. The first-order valence-corrected chi connectivity index (χ1v) is 8.83. The van der Waals surface area contributed by atoms with Gasteiger partial charge in [0, 0.05) is 35.8 Å². The third-order valence-electron chi connectivity index (χ3n) is 4.08. The van der Waals surface area contributed by atoms with Gasteiger partial charge in [-0.1, -0.05) is 47.1 Å². The Morgan fingerprint density at radius 3 is 2.42 bits per heavy atom. The molecule has 0 fully saturated rings. The molecule has 2 aromatic rings. The third kappa shape index (κ3) is 4.81. The summed E-state index contributed by atoms with van der Waals surface area (Å²) in [5.74, 6) is 0.778. The molecule has 1 aromatic carbocycles. The van der Waals surface area contributed by atoms with Gasteiger partial charge < -0.3 is 9.77 Å². The van der Waals surface area contributed by atoms with E-state index >= 15 is 0 Å². The van der Waals surface area contributed by atoms with E-state index in [2.05, 4.69) is 47.1 Å². The van der Waals surface area contributed by atoms with E-state index in [0.717, 1.165) is 16.5 Å². The van der Waals surface area contributed by atoms with Crippen molar-refractivity contribution in [1.82, 2.24) is 4.57 Å². The molecule has 1 atom stereocenters. The second-order valence-corrected chi connectivity index (χ2v) is 7.41. The molecule has 1 unspecified atom stereocenters. The van der Waals surface area contributed by atoms with Crippen molar-refractivity contribution in [2.24, 2.45) is 18.1 Å². The fourth-order valence-corrected chi connectivity index (χ4v) is 3.12. The molecule has 0 aliphatic carbocycles. The van der Waals surface area contributed by atoms with E-state index in [1.165, 1.54) is 16.2 Å². The van der Waals surface area contributed by atoms with Crippen LogP contribution >= 0.6 is 15.9 Å². The number of rotatable bonds is 6. The lowest BCUT2D eigenvalue weighted by molar-refractivity contribution is 0.317. The Morgan fingerprint density at radius 2 is 1.88 bits per heavy atom. The van der Waals surface area contributed by atoms with Crippen LogP contribution in [0.1, 0.15) is 43.7 Å².